The first kappa shape index (κ1) is 24.3. The SMILES string of the molecule is CC(C)C(N)C(=O)NC(CO)C(=O)NC(CCC(=O)O)C(=O)NCC(=O)O. The molecule has 12 heteroatoms. The number of nitrogens with two attached hydrogens (primary N) is 1. The summed E-state index contributed by atoms with van der Waals surface area (Å²) >= 11 is 0. The number of nitrogens with one attached hydrogen (secondary N) is 3. The fourth-order valence-electron chi connectivity index (χ4n) is 1.86. The van der Waals surface area contributed by atoms with Crippen LogP contribution in [0.3, 0.4) is 0 Å². The van der Waals surface area contributed by atoms with Gasteiger partial charge in [0.25, 0.3) is 0 Å². The van der Waals surface area contributed by atoms with Crippen molar-refractivity contribution >= 4 is 29.7 Å². The Morgan fingerprint density at radius 2 is 1.44 bits per heavy atom. The molecule has 0 spiro atoms. The van der Waals surface area contributed by atoms with E-state index < -0.39 is 67.4 Å². The fourth-order valence-corrected chi connectivity index (χ4v) is 1.86. The average molecular weight is 390 g/mol. The van der Waals surface area contributed by atoms with Gasteiger partial charge in [0.1, 0.15) is 18.6 Å². The van der Waals surface area contributed by atoms with Gasteiger partial charge >= 0.3 is 11.9 Å². The van der Waals surface area contributed by atoms with Gasteiger partial charge in [-0.15, -0.1) is 0 Å². The van der Waals surface area contributed by atoms with Gasteiger partial charge in [0.05, 0.1) is 12.6 Å². The van der Waals surface area contributed by atoms with Crippen molar-refractivity contribution < 1.29 is 39.3 Å². The van der Waals surface area contributed by atoms with Crippen molar-refractivity contribution in [3.05, 3.63) is 0 Å². The molecule has 0 saturated heterocycles. The third-order valence-electron chi connectivity index (χ3n) is 3.53. The first-order chi connectivity index (χ1) is 12.5. The van der Waals surface area contributed by atoms with Gasteiger partial charge in [-0.1, -0.05) is 13.8 Å². The third-order valence-corrected chi connectivity index (χ3v) is 3.53. The highest BCUT2D eigenvalue weighted by Gasteiger charge is 2.28. The topological polar surface area (TPSA) is 208 Å². The Morgan fingerprint density at radius 3 is 1.89 bits per heavy atom. The van der Waals surface area contributed by atoms with Gasteiger partial charge in [-0.3, -0.25) is 24.0 Å². The van der Waals surface area contributed by atoms with Crippen LogP contribution < -0.4 is 21.7 Å². The predicted molar refractivity (Wildman–Crippen MR) is 91.3 cm³/mol. The van der Waals surface area contributed by atoms with Gasteiger partial charge in [0.2, 0.25) is 17.7 Å². The van der Waals surface area contributed by atoms with E-state index in [2.05, 4.69) is 10.6 Å². The van der Waals surface area contributed by atoms with Crippen LogP contribution in [0.1, 0.15) is 26.7 Å². The number of carboxylic acid groups (broad SMARTS) is 2. The van der Waals surface area contributed by atoms with Gasteiger partial charge < -0.3 is 37.0 Å². The number of carbonyl (C=O) groups excluding carboxylic acids is 3. The average Bonchev–Trinajstić information content (AvgIpc) is 2.59. The quantitative estimate of drug-likeness (QED) is 0.181. The summed E-state index contributed by atoms with van der Waals surface area (Å²) in [7, 11) is 0. The molecule has 0 fully saturated rings. The second-order valence-corrected chi connectivity index (χ2v) is 6.12. The van der Waals surface area contributed by atoms with E-state index in [1.807, 2.05) is 5.32 Å². The molecule has 0 bridgehead atoms. The normalized spacial score (nSPS) is 14.0. The lowest BCUT2D eigenvalue weighted by molar-refractivity contribution is -0.140. The summed E-state index contributed by atoms with van der Waals surface area (Å²) in [6.45, 7) is 1.87. The number of carbonyl (C=O) groups is 5. The Labute approximate surface area is 155 Å². The van der Waals surface area contributed by atoms with Crippen molar-refractivity contribution in [3.63, 3.8) is 0 Å². The lowest BCUT2D eigenvalue weighted by Crippen LogP contribution is -2.57. The maximum Gasteiger partial charge on any atom is 0.322 e. The van der Waals surface area contributed by atoms with E-state index in [1.54, 1.807) is 13.8 Å². The molecule has 3 atom stereocenters. The molecule has 8 N–H and O–H groups in total. The number of aliphatic hydroxyl groups excluding tert-OH is 1. The second kappa shape index (κ2) is 11.8. The molecule has 0 radical (unpaired) electrons. The predicted octanol–water partition coefficient (Wildman–Crippen LogP) is -3.00. The first-order valence-corrected chi connectivity index (χ1v) is 8.18. The van der Waals surface area contributed by atoms with Crippen LogP contribution in [0, 0.1) is 5.92 Å². The summed E-state index contributed by atoms with van der Waals surface area (Å²) in [4.78, 5) is 57.3. The van der Waals surface area contributed by atoms with Crippen molar-refractivity contribution in [1.29, 1.82) is 0 Å². The molecule has 0 aliphatic heterocycles. The minimum atomic E-state index is -1.41. The maximum atomic E-state index is 12.2. The van der Waals surface area contributed by atoms with Gasteiger partial charge in [-0.05, 0) is 12.3 Å². The number of carboxylic acids is 2. The van der Waals surface area contributed by atoms with Crippen molar-refractivity contribution in [3.8, 4) is 0 Å². The van der Waals surface area contributed by atoms with Gasteiger partial charge in [0, 0.05) is 6.42 Å². The van der Waals surface area contributed by atoms with Crippen molar-refractivity contribution in [1.82, 2.24) is 16.0 Å². The first-order valence-electron chi connectivity index (χ1n) is 8.18. The molecule has 154 valence electrons. The Kier molecular flexibility index (Phi) is 10.6. The molecule has 0 aliphatic carbocycles. The molecule has 0 saturated carbocycles. The third kappa shape index (κ3) is 9.51. The molecule has 3 amide bonds. The summed E-state index contributed by atoms with van der Waals surface area (Å²) in [5.41, 5.74) is 5.65. The van der Waals surface area contributed by atoms with E-state index in [4.69, 9.17) is 15.9 Å². The number of rotatable bonds is 12. The largest absolute Gasteiger partial charge is 0.481 e. The molecule has 0 heterocycles. The summed E-state index contributed by atoms with van der Waals surface area (Å²) < 4.78 is 0. The highest BCUT2D eigenvalue weighted by molar-refractivity contribution is 5.93. The standard InChI is InChI=1S/C15H26N4O8/c1-7(2)12(16)15(27)19-9(6-20)14(26)18-8(3-4-10(21)22)13(25)17-5-11(23)24/h7-9,12,20H,3-6,16H2,1-2H3,(H,17,25)(H,18,26)(H,19,27)(H,21,22)(H,23,24). The summed E-state index contributed by atoms with van der Waals surface area (Å²) in [6, 6.07) is -3.70. The van der Waals surface area contributed by atoms with E-state index in [1.165, 1.54) is 0 Å². The summed E-state index contributed by atoms with van der Waals surface area (Å²) in [6.07, 6.45) is -0.788. The zero-order valence-corrected chi connectivity index (χ0v) is 15.1. The van der Waals surface area contributed by atoms with Crippen molar-refractivity contribution in [2.75, 3.05) is 13.2 Å². The van der Waals surface area contributed by atoms with Crippen LogP contribution in [0.4, 0.5) is 0 Å². The van der Waals surface area contributed by atoms with E-state index in [0.29, 0.717) is 0 Å². The van der Waals surface area contributed by atoms with Gasteiger partial charge in [-0.25, -0.2) is 0 Å². The monoisotopic (exact) mass is 390 g/mol. The van der Waals surface area contributed by atoms with E-state index >= 15 is 0 Å². The van der Waals surface area contributed by atoms with Crippen LogP contribution in [0.25, 0.3) is 0 Å². The summed E-state index contributed by atoms with van der Waals surface area (Å²) in [5, 5.41) is 33.1. The zero-order valence-electron chi connectivity index (χ0n) is 15.1. The highest BCUT2D eigenvalue weighted by atomic mass is 16.4. The molecule has 0 rings (SSSR count). The van der Waals surface area contributed by atoms with Crippen LogP contribution in [0.15, 0.2) is 0 Å². The molecule has 3 unspecified atom stereocenters. The highest BCUT2D eigenvalue weighted by Crippen LogP contribution is 2.01. The zero-order chi connectivity index (χ0) is 21.1. The molecule has 0 aromatic rings. The lowest BCUT2D eigenvalue weighted by atomic mass is 10.0. The fraction of sp³-hybridized carbons (Fsp3) is 0.667. The minimum Gasteiger partial charge on any atom is -0.481 e. The Balaban J connectivity index is 5.04. The number of amides is 3. The van der Waals surface area contributed by atoms with Crippen LogP contribution >= 0.6 is 0 Å². The molecular weight excluding hydrogens is 364 g/mol. The number of aliphatic carboxylic acids is 2. The van der Waals surface area contributed by atoms with Crippen LogP contribution in [-0.2, 0) is 24.0 Å². The number of hydrogen-bond acceptors (Lipinski definition) is 7. The summed E-state index contributed by atoms with van der Waals surface area (Å²) in [5.74, 6) is -5.31. The molecular formula is C15H26N4O8. The smallest absolute Gasteiger partial charge is 0.322 e. The molecule has 12 nitrogen and oxygen atoms in total. The van der Waals surface area contributed by atoms with Crippen LogP contribution in [0.2, 0.25) is 0 Å². The lowest BCUT2D eigenvalue weighted by Gasteiger charge is -2.23. The number of hydrogen-bond donors (Lipinski definition) is 7. The minimum absolute atomic E-state index is 0.225. The molecule has 0 aliphatic rings. The number of aliphatic hydroxyl groups is 1. The van der Waals surface area contributed by atoms with Crippen LogP contribution in [-0.4, -0.2) is 76.3 Å². The van der Waals surface area contributed by atoms with Crippen LogP contribution in [0.5, 0.6) is 0 Å². The maximum absolute atomic E-state index is 12.2. The molecule has 0 aromatic heterocycles. The Bertz CT molecular complexity index is 566. The van der Waals surface area contributed by atoms with E-state index in [-0.39, 0.29) is 12.3 Å². The van der Waals surface area contributed by atoms with Crippen molar-refractivity contribution in [2.45, 2.75) is 44.8 Å². The van der Waals surface area contributed by atoms with Gasteiger partial charge in [-0.2, -0.15) is 0 Å². The van der Waals surface area contributed by atoms with Crippen molar-refractivity contribution in [2.24, 2.45) is 11.7 Å². The Hall–Kier alpha value is -2.73. The molecule has 0 aromatic carbocycles. The van der Waals surface area contributed by atoms with E-state index in [0.717, 1.165) is 0 Å². The van der Waals surface area contributed by atoms with Gasteiger partial charge in [0.15, 0.2) is 0 Å². The second-order valence-electron chi connectivity index (χ2n) is 6.12. The van der Waals surface area contributed by atoms with E-state index in [9.17, 15) is 29.1 Å². The molecule has 27 heavy (non-hydrogen) atoms. The Morgan fingerprint density at radius 1 is 0.889 bits per heavy atom.